The molecule has 122 valence electrons. The average Bonchev–Trinajstić information content (AvgIpc) is 2.52. The summed E-state index contributed by atoms with van der Waals surface area (Å²) in [5, 5.41) is 7.73. The fourth-order valence-corrected chi connectivity index (χ4v) is 2.96. The topological polar surface area (TPSA) is 98.5 Å². The van der Waals surface area contributed by atoms with Crippen molar-refractivity contribution < 1.29 is 17.9 Å². The van der Waals surface area contributed by atoms with Gasteiger partial charge in [0.1, 0.15) is 10.6 Å². The van der Waals surface area contributed by atoms with Crippen molar-refractivity contribution in [3.63, 3.8) is 0 Å². The van der Waals surface area contributed by atoms with Crippen LogP contribution in [-0.2, 0) is 16.6 Å². The maximum Gasteiger partial charge on any atom is 0.251 e. The summed E-state index contributed by atoms with van der Waals surface area (Å²) < 4.78 is 27.9. The molecule has 2 aromatic rings. The zero-order valence-electron chi connectivity index (χ0n) is 12.2. The van der Waals surface area contributed by atoms with Gasteiger partial charge in [0.05, 0.1) is 12.1 Å². The minimum Gasteiger partial charge on any atom is -0.497 e. The number of carbonyl (C=O) groups is 1. The molecule has 0 atom stereocenters. The van der Waals surface area contributed by atoms with Crippen molar-refractivity contribution in [3.8, 4) is 5.75 Å². The second kappa shape index (κ2) is 6.99. The van der Waals surface area contributed by atoms with Gasteiger partial charge in [-0.05, 0) is 35.9 Å². The molecule has 0 unspecified atom stereocenters. The van der Waals surface area contributed by atoms with E-state index in [9.17, 15) is 13.2 Å². The molecule has 6 nitrogen and oxygen atoms in total. The van der Waals surface area contributed by atoms with Crippen LogP contribution in [0.2, 0.25) is 5.02 Å². The highest BCUT2D eigenvalue weighted by Crippen LogP contribution is 2.21. The van der Waals surface area contributed by atoms with Crippen LogP contribution < -0.4 is 15.2 Å². The van der Waals surface area contributed by atoms with E-state index in [0.717, 1.165) is 17.4 Å². The van der Waals surface area contributed by atoms with Gasteiger partial charge in [-0.25, -0.2) is 13.6 Å². The van der Waals surface area contributed by atoms with E-state index in [-0.39, 0.29) is 22.0 Å². The van der Waals surface area contributed by atoms with E-state index in [1.54, 1.807) is 19.2 Å². The molecule has 1 amide bonds. The van der Waals surface area contributed by atoms with Crippen LogP contribution in [0.4, 0.5) is 0 Å². The van der Waals surface area contributed by atoms with Crippen molar-refractivity contribution in [2.45, 2.75) is 11.4 Å². The van der Waals surface area contributed by atoms with Crippen molar-refractivity contribution in [3.05, 3.63) is 58.6 Å². The molecule has 0 heterocycles. The molecule has 0 aliphatic heterocycles. The Morgan fingerprint density at radius 2 is 1.87 bits per heavy atom. The molecule has 8 heteroatoms. The molecule has 0 fully saturated rings. The zero-order chi connectivity index (χ0) is 17.0. The number of halogens is 1. The first-order valence-electron chi connectivity index (χ1n) is 6.55. The Kier molecular flexibility index (Phi) is 5.25. The van der Waals surface area contributed by atoms with Gasteiger partial charge in [0.2, 0.25) is 10.0 Å². The lowest BCUT2D eigenvalue weighted by atomic mass is 10.2. The fourth-order valence-electron chi connectivity index (χ4n) is 1.89. The molecule has 0 spiro atoms. The number of methoxy groups -OCH3 is 1. The third-order valence-corrected chi connectivity index (χ3v) is 4.50. The summed E-state index contributed by atoms with van der Waals surface area (Å²) in [5.74, 6) is 0.290. The molecule has 0 aliphatic carbocycles. The van der Waals surface area contributed by atoms with Crippen molar-refractivity contribution in [2.75, 3.05) is 7.11 Å². The molecule has 2 rings (SSSR count). The molecular formula is C15H15ClN2O4S. The van der Waals surface area contributed by atoms with Crippen molar-refractivity contribution in [1.29, 1.82) is 0 Å². The van der Waals surface area contributed by atoms with Gasteiger partial charge in [-0.3, -0.25) is 4.79 Å². The second-order valence-electron chi connectivity index (χ2n) is 4.72. The number of hydrogen-bond acceptors (Lipinski definition) is 4. The van der Waals surface area contributed by atoms with Crippen molar-refractivity contribution in [2.24, 2.45) is 5.14 Å². The van der Waals surface area contributed by atoms with Gasteiger partial charge in [0, 0.05) is 12.1 Å². The molecule has 0 aromatic heterocycles. The van der Waals surface area contributed by atoms with Crippen molar-refractivity contribution >= 4 is 27.5 Å². The summed E-state index contributed by atoms with van der Waals surface area (Å²) in [5.41, 5.74) is 1.03. The van der Waals surface area contributed by atoms with Crippen LogP contribution in [0.5, 0.6) is 5.75 Å². The monoisotopic (exact) mass is 354 g/mol. The number of ether oxygens (including phenoxy) is 1. The summed E-state index contributed by atoms with van der Waals surface area (Å²) >= 11 is 5.78. The molecule has 3 N–H and O–H groups in total. The highest BCUT2D eigenvalue weighted by molar-refractivity contribution is 7.89. The van der Waals surface area contributed by atoms with Gasteiger partial charge in [-0.15, -0.1) is 0 Å². The van der Waals surface area contributed by atoms with E-state index < -0.39 is 15.9 Å². The Bertz CT molecular complexity index is 820. The van der Waals surface area contributed by atoms with Crippen LogP contribution in [0.3, 0.4) is 0 Å². The fraction of sp³-hybridized carbons (Fsp3) is 0.133. The quantitative estimate of drug-likeness (QED) is 0.857. The number of nitrogens with one attached hydrogen (secondary N) is 1. The number of benzene rings is 2. The average molecular weight is 355 g/mol. The highest BCUT2D eigenvalue weighted by Gasteiger charge is 2.16. The van der Waals surface area contributed by atoms with Crippen LogP contribution in [0.25, 0.3) is 0 Å². The lowest BCUT2D eigenvalue weighted by molar-refractivity contribution is 0.0950. The molecule has 0 aliphatic rings. The van der Waals surface area contributed by atoms with Gasteiger partial charge in [0.25, 0.3) is 5.91 Å². The second-order valence-corrected chi connectivity index (χ2v) is 6.66. The predicted octanol–water partition coefficient (Wildman–Crippen LogP) is 1.93. The van der Waals surface area contributed by atoms with Crippen LogP contribution in [0.1, 0.15) is 15.9 Å². The standard InChI is InChI=1S/C15H15ClN2O4S/c1-22-12-5-2-10(3-6-12)9-18-15(19)11-4-7-13(16)14(8-11)23(17,20)21/h2-8H,9H2,1H3,(H,18,19)(H2,17,20,21). The molecule has 0 radical (unpaired) electrons. The lowest BCUT2D eigenvalue weighted by Gasteiger charge is -2.08. The van der Waals surface area contributed by atoms with E-state index in [2.05, 4.69) is 5.32 Å². The Morgan fingerprint density at radius 3 is 2.43 bits per heavy atom. The van der Waals surface area contributed by atoms with Gasteiger partial charge < -0.3 is 10.1 Å². The largest absolute Gasteiger partial charge is 0.497 e. The van der Waals surface area contributed by atoms with E-state index in [1.807, 2.05) is 12.1 Å². The van der Waals surface area contributed by atoms with E-state index in [1.165, 1.54) is 12.1 Å². The minimum absolute atomic E-state index is 0.0285. The third-order valence-electron chi connectivity index (χ3n) is 3.11. The van der Waals surface area contributed by atoms with Gasteiger partial charge in [-0.1, -0.05) is 23.7 Å². The Hall–Kier alpha value is -2.09. The number of carbonyl (C=O) groups excluding carboxylic acids is 1. The van der Waals surface area contributed by atoms with Crippen LogP contribution in [0.15, 0.2) is 47.4 Å². The van der Waals surface area contributed by atoms with E-state index in [4.69, 9.17) is 21.5 Å². The summed E-state index contributed by atoms with van der Waals surface area (Å²) in [7, 11) is -2.42. The Morgan fingerprint density at radius 1 is 1.22 bits per heavy atom. The summed E-state index contributed by atoms with van der Waals surface area (Å²) in [4.78, 5) is 11.8. The minimum atomic E-state index is -3.99. The predicted molar refractivity (Wildman–Crippen MR) is 87.0 cm³/mol. The molecule has 2 aromatic carbocycles. The number of nitrogens with two attached hydrogens (primary N) is 1. The number of primary sulfonamides is 1. The van der Waals surface area contributed by atoms with Gasteiger partial charge in [-0.2, -0.15) is 0 Å². The van der Waals surface area contributed by atoms with Crippen LogP contribution in [-0.4, -0.2) is 21.4 Å². The van der Waals surface area contributed by atoms with E-state index in [0.29, 0.717) is 0 Å². The SMILES string of the molecule is COc1ccc(CNC(=O)c2ccc(Cl)c(S(N)(=O)=O)c2)cc1. The van der Waals surface area contributed by atoms with Gasteiger partial charge in [0.15, 0.2) is 0 Å². The molecule has 0 saturated carbocycles. The first-order chi connectivity index (χ1) is 10.8. The van der Waals surface area contributed by atoms with E-state index >= 15 is 0 Å². The van der Waals surface area contributed by atoms with Crippen molar-refractivity contribution in [1.82, 2.24) is 5.32 Å². The molecular weight excluding hydrogens is 340 g/mol. The number of rotatable bonds is 5. The lowest BCUT2D eigenvalue weighted by Crippen LogP contribution is -2.23. The molecule has 0 bridgehead atoms. The molecule has 0 saturated heterocycles. The number of hydrogen-bond donors (Lipinski definition) is 2. The Labute approximate surface area is 139 Å². The van der Waals surface area contributed by atoms with Gasteiger partial charge >= 0.3 is 0 Å². The maximum absolute atomic E-state index is 12.1. The maximum atomic E-state index is 12.1. The summed E-state index contributed by atoms with van der Waals surface area (Å²) in [6.07, 6.45) is 0. The van der Waals surface area contributed by atoms with Crippen LogP contribution in [0, 0.1) is 0 Å². The molecule has 23 heavy (non-hydrogen) atoms. The summed E-state index contributed by atoms with van der Waals surface area (Å²) in [6.45, 7) is 0.288. The number of amides is 1. The number of sulfonamides is 1. The van der Waals surface area contributed by atoms with Crippen LogP contribution >= 0.6 is 11.6 Å². The smallest absolute Gasteiger partial charge is 0.251 e. The normalized spacial score (nSPS) is 11.1. The zero-order valence-corrected chi connectivity index (χ0v) is 13.8. The first-order valence-corrected chi connectivity index (χ1v) is 8.47. The Balaban J connectivity index is 2.11. The highest BCUT2D eigenvalue weighted by atomic mass is 35.5. The first kappa shape index (κ1) is 17.3. The third kappa shape index (κ3) is 4.44. The summed E-state index contributed by atoms with van der Waals surface area (Å²) in [6, 6.07) is 11.1.